The Morgan fingerprint density at radius 3 is 2.79 bits per heavy atom. The Bertz CT molecular complexity index is 707. The van der Waals surface area contributed by atoms with Crippen LogP contribution < -0.4 is 15.4 Å². The molecule has 2 aromatic rings. The molecular weight excluding hydrogens is 314 g/mol. The smallest absolute Gasteiger partial charge is 0.218 e. The molecule has 128 valence electrons. The van der Waals surface area contributed by atoms with Crippen molar-refractivity contribution in [3.05, 3.63) is 59.3 Å². The van der Waals surface area contributed by atoms with Gasteiger partial charge in [0, 0.05) is 30.4 Å². The van der Waals surface area contributed by atoms with E-state index in [4.69, 9.17) is 4.74 Å². The third-order valence-electron chi connectivity index (χ3n) is 3.25. The molecule has 1 aromatic carbocycles. The molecule has 0 unspecified atom stereocenters. The van der Waals surface area contributed by atoms with Crippen LogP contribution in [0, 0.1) is 11.6 Å². The molecule has 0 atom stereocenters. The number of guanidine groups is 1. The molecule has 2 rings (SSSR count). The topological polar surface area (TPSA) is 58.5 Å². The summed E-state index contributed by atoms with van der Waals surface area (Å²) in [5.74, 6) is 0.0497. The zero-order valence-electron chi connectivity index (χ0n) is 13.6. The minimum absolute atomic E-state index is 0.0309. The molecule has 0 aliphatic heterocycles. The fraction of sp³-hybridized carbons (Fsp3) is 0.294. The van der Waals surface area contributed by atoms with Gasteiger partial charge < -0.3 is 15.4 Å². The van der Waals surface area contributed by atoms with Crippen LogP contribution in [0.1, 0.15) is 18.1 Å². The SMILES string of the molecule is CCNC(=NCc1cc(F)ccc1F)NCc1cccnc1OC. The number of methoxy groups -OCH3 is 1. The lowest BCUT2D eigenvalue weighted by molar-refractivity contribution is 0.392. The number of pyridine rings is 1. The molecule has 0 saturated heterocycles. The fourth-order valence-electron chi connectivity index (χ4n) is 2.09. The molecule has 0 bridgehead atoms. The molecule has 2 N–H and O–H groups in total. The number of nitrogens with one attached hydrogen (secondary N) is 2. The molecular formula is C17H20F2N4O. The lowest BCUT2D eigenvalue weighted by atomic mass is 10.2. The Morgan fingerprint density at radius 2 is 2.04 bits per heavy atom. The van der Waals surface area contributed by atoms with Gasteiger partial charge in [-0.05, 0) is 31.2 Å². The fourth-order valence-corrected chi connectivity index (χ4v) is 2.09. The summed E-state index contributed by atoms with van der Waals surface area (Å²) in [5.41, 5.74) is 1.06. The third kappa shape index (κ3) is 4.91. The molecule has 0 spiro atoms. The first-order valence-electron chi connectivity index (χ1n) is 7.58. The summed E-state index contributed by atoms with van der Waals surface area (Å²) in [6.07, 6.45) is 1.65. The lowest BCUT2D eigenvalue weighted by Gasteiger charge is -2.13. The second-order valence-electron chi connectivity index (χ2n) is 4.96. The third-order valence-corrected chi connectivity index (χ3v) is 3.25. The Kier molecular flexibility index (Phi) is 6.48. The Labute approximate surface area is 139 Å². The second kappa shape index (κ2) is 8.81. The van der Waals surface area contributed by atoms with Crippen LogP contribution in [0.5, 0.6) is 5.88 Å². The minimum Gasteiger partial charge on any atom is -0.481 e. The first-order chi connectivity index (χ1) is 11.6. The summed E-state index contributed by atoms with van der Waals surface area (Å²) < 4.78 is 32.1. The summed E-state index contributed by atoms with van der Waals surface area (Å²) in [6, 6.07) is 7.02. The summed E-state index contributed by atoms with van der Waals surface area (Å²) in [5, 5.41) is 6.17. The highest BCUT2D eigenvalue weighted by Crippen LogP contribution is 2.13. The van der Waals surface area contributed by atoms with Crippen LogP contribution in [-0.2, 0) is 13.1 Å². The van der Waals surface area contributed by atoms with E-state index in [-0.39, 0.29) is 12.1 Å². The number of nitrogens with zero attached hydrogens (tertiary/aromatic N) is 2. The first kappa shape index (κ1) is 17.7. The monoisotopic (exact) mass is 334 g/mol. The van der Waals surface area contributed by atoms with E-state index in [0.29, 0.717) is 24.9 Å². The molecule has 0 radical (unpaired) electrons. The summed E-state index contributed by atoms with van der Waals surface area (Å²) in [7, 11) is 1.55. The van der Waals surface area contributed by atoms with E-state index in [0.717, 1.165) is 23.8 Å². The maximum atomic E-state index is 13.7. The van der Waals surface area contributed by atoms with Crippen molar-refractivity contribution in [2.75, 3.05) is 13.7 Å². The number of aliphatic imine (C=N–C) groups is 1. The standard InChI is InChI=1S/C17H20F2N4O/c1-3-20-17(22-10-12-5-4-8-21-16(12)24-2)23-11-13-9-14(18)6-7-15(13)19/h4-9H,3,10-11H2,1-2H3,(H2,20,22,23). The van der Waals surface area contributed by atoms with Crippen molar-refractivity contribution in [3.63, 3.8) is 0 Å². The van der Waals surface area contributed by atoms with Crippen molar-refractivity contribution in [2.24, 2.45) is 4.99 Å². The molecule has 1 aromatic heterocycles. The number of hydrogen-bond acceptors (Lipinski definition) is 3. The largest absolute Gasteiger partial charge is 0.481 e. The summed E-state index contributed by atoms with van der Waals surface area (Å²) >= 11 is 0. The molecule has 1 heterocycles. The maximum Gasteiger partial charge on any atom is 0.218 e. The van der Waals surface area contributed by atoms with Gasteiger partial charge >= 0.3 is 0 Å². The average molecular weight is 334 g/mol. The van der Waals surface area contributed by atoms with Crippen LogP contribution in [0.2, 0.25) is 0 Å². The number of aromatic nitrogens is 1. The van der Waals surface area contributed by atoms with Gasteiger partial charge in [0.05, 0.1) is 13.7 Å². The van der Waals surface area contributed by atoms with Crippen molar-refractivity contribution >= 4 is 5.96 Å². The van der Waals surface area contributed by atoms with Crippen molar-refractivity contribution in [1.29, 1.82) is 0 Å². The normalized spacial score (nSPS) is 11.2. The molecule has 0 fully saturated rings. The van der Waals surface area contributed by atoms with Gasteiger partial charge in [-0.15, -0.1) is 0 Å². The van der Waals surface area contributed by atoms with Gasteiger partial charge in [-0.1, -0.05) is 6.07 Å². The van der Waals surface area contributed by atoms with Crippen LogP contribution in [0.25, 0.3) is 0 Å². The van der Waals surface area contributed by atoms with Crippen molar-refractivity contribution in [1.82, 2.24) is 15.6 Å². The number of hydrogen-bond donors (Lipinski definition) is 2. The number of rotatable bonds is 6. The van der Waals surface area contributed by atoms with Crippen molar-refractivity contribution in [3.8, 4) is 5.88 Å². The highest BCUT2D eigenvalue weighted by molar-refractivity contribution is 5.79. The predicted molar refractivity (Wildman–Crippen MR) is 88.8 cm³/mol. The van der Waals surface area contributed by atoms with Crippen molar-refractivity contribution < 1.29 is 13.5 Å². The zero-order valence-corrected chi connectivity index (χ0v) is 13.6. The van der Waals surface area contributed by atoms with Gasteiger partial charge in [-0.25, -0.2) is 18.8 Å². The molecule has 0 aliphatic rings. The quantitative estimate of drug-likeness (QED) is 0.630. The van der Waals surface area contributed by atoms with Gasteiger partial charge in [0.1, 0.15) is 11.6 Å². The van der Waals surface area contributed by atoms with Gasteiger partial charge in [0.25, 0.3) is 0 Å². The van der Waals surface area contributed by atoms with Gasteiger partial charge in [0.2, 0.25) is 5.88 Å². The molecule has 7 heteroatoms. The van der Waals surface area contributed by atoms with Crippen LogP contribution in [-0.4, -0.2) is 24.6 Å². The molecule has 5 nitrogen and oxygen atoms in total. The van der Waals surface area contributed by atoms with Crippen molar-refractivity contribution in [2.45, 2.75) is 20.0 Å². The van der Waals surface area contributed by atoms with Gasteiger partial charge in [-0.2, -0.15) is 0 Å². The second-order valence-corrected chi connectivity index (χ2v) is 4.96. The Hall–Kier alpha value is -2.70. The van der Waals surface area contributed by atoms with Crippen LogP contribution >= 0.6 is 0 Å². The van der Waals surface area contributed by atoms with E-state index >= 15 is 0 Å². The Morgan fingerprint density at radius 1 is 1.21 bits per heavy atom. The zero-order chi connectivity index (χ0) is 17.4. The van der Waals surface area contributed by atoms with E-state index in [1.54, 1.807) is 13.3 Å². The molecule has 24 heavy (non-hydrogen) atoms. The van der Waals surface area contributed by atoms with Gasteiger partial charge in [0.15, 0.2) is 5.96 Å². The molecule has 0 aliphatic carbocycles. The summed E-state index contributed by atoms with van der Waals surface area (Å²) in [6.45, 7) is 3.03. The van der Waals surface area contributed by atoms with E-state index in [1.807, 2.05) is 19.1 Å². The average Bonchev–Trinajstić information content (AvgIpc) is 2.60. The van der Waals surface area contributed by atoms with Crippen LogP contribution in [0.4, 0.5) is 8.78 Å². The molecule has 0 saturated carbocycles. The van der Waals surface area contributed by atoms with Gasteiger partial charge in [-0.3, -0.25) is 0 Å². The maximum absolute atomic E-state index is 13.7. The summed E-state index contributed by atoms with van der Waals surface area (Å²) in [4.78, 5) is 8.40. The number of halogens is 2. The minimum atomic E-state index is -0.486. The predicted octanol–water partition coefficient (Wildman–Crippen LogP) is 2.62. The van der Waals surface area contributed by atoms with Crippen LogP contribution in [0.15, 0.2) is 41.5 Å². The van der Waals surface area contributed by atoms with E-state index < -0.39 is 11.6 Å². The van der Waals surface area contributed by atoms with Crippen LogP contribution in [0.3, 0.4) is 0 Å². The lowest BCUT2D eigenvalue weighted by Crippen LogP contribution is -2.36. The number of benzene rings is 1. The van der Waals surface area contributed by atoms with E-state index in [1.165, 1.54) is 0 Å². The van der Waals surface area contributed by atoms with E-state index in [2.05, 4.69) is 20.6 Å². The Balaban J connectivity index is 2.07. The van der Waals surface area contributed by atoms with E-state index in [9.17, 15) is 8.78 Å². The number of ether oxygens (including phenoxy) is 1. The highest BCUT2D eigenvalue weighted by Gasteiger charge is 2.06. The molecule has 0 amide bonds. The first-order valence-corrected chi connectivity index (χ1v) is 7.58. The highest BCUT2D eigenvalue weighted by atomic mass is 19.1.